The molecule has 1 fully saturated rings. The summed E-state index contributed by atoms with van der Waals surface area (Å²) in [4.78, 5) is 0. The van der Waals surface area contributed by atoms with Gasteiger partial charge < -0.3 is 5.11 Å². The number of thioether (sulfide) groups is 1. The third-order valence-electron chi connectivity index (χ3n) is 3.99. The van der Waals surface area contributed by atoms with E-state index in [4.69, 9.17) is 0 Å². The van der Waals surface area contributed by atoms with Crippen LogP contribution in [0.1, 0.15) is 31.4 Å². The maximum absolute atomic E-state index is 12.5. The van der Waals surface area contributed by atoms with Gasteiger partial charge in [-0.3, -0.25) is 0 Å². The van der Waals surface area contributed by atoms with Gasteiger partial charge in [0.2, 0.25) is 0 Å². The topological polar surface area (TPSA) is 20.2 Å². The molecule has 0 aliphatic carbocycles. The van der Waals surface area contributed by atoms with Crippen LogP contribution in [-0.2, 0) is 11.8 Å². The number of rotatable bonds is 1. The first-order valence-corrected chi connectivity index (χ1v) is 7.30. The first kappa shape index (κ1) is 14.7. The molecule has 2 rings (SSSR count). The maximum Gasteiger partial charge on any atom is 0.416 e. The van der Waals surface area contributed by atoms with E-state index in [0.29, 0.717) is 11.3 Å². The Balaban J connectivity index is 2.36. The summed E-state index contributed by atoms with van der Waals surface area (Å²) in [5, 5.41) is 10.9. The molecule has 1 aliphatic rings. The zero-order valence-corrected chi connectivity index (χ0v) is 11.7. The molecule has 1 heterocycles. The van der Waals surface area contributed by atoms with Crippen LogP contribution in [0.2, 0.25) is 0 Å². The van der Waals surface area contributed by atoms with Gasteiger partial charge in [0.25, 0.3) is 0 Å². The largest absolute Gasteiger partial charge is 0.416 e. The van der Waals surface area contributed by atoms with Crippen molar-refractivity contribution in [3.8, 4) is 0 Å². The van der Waals surface area contributed by atoms with E-state index in [1.165, 1.54) is 12.1 Å². The maximum atomic E-state index is 12.5. The number of aliphatic hydroxyl groups is 1. The Morgan fingerprint density at radius 2 is 1.74 bits per heavy atom. The summed E-state index contributed by atoms with van der Waals surface area (Å²) in [6, 6.07) is 4.89. The minimum atomic E-state index is -4.34. The van der Waals surface area contributed by atoms with Gasteiger partial charge in [-0.05, 0) is 35.3 Å². The number of halogens is 3. The van der Waals surface area contributed by atoms with Crippen LogP contribution in [0.3, 0.4) is 0 Å². The molecule has 5 heteroatoms. The van der Waals surface area contributed by atoms with Gasteiger partial charge in [-0.1, -0.05) is 26.0 Å². The SMILES string of the molecule is CC1(C)CCSCC1(O)c1ccc(C(F)(F)F)cc1. The molecule has 0 aromatic heterocycles. The Kier molecular flexibility index (Phi) is 3.64. The highest BCUT2D eigenvalue weighted by molar-refractivity contribution is 7.99. The van der Waals surface area contributed by atoms with E-state index in [2.05, 4.69) is 0 Å². The van der Waals surface area contributed by atoms with Crippen molar-refractivity contribution in [2.75, 3.05) is 11.5 Å². The zero-order valence-electron chi connectivity index (χ0n) is 10.9. The van der Waals surface area contributed by atoms with Gasteiger partial charge in [0.15, 0.2) is 0 Å². The van der Waals surface area contributed by atoms with Crippen LogP contribution in [0.5, 0.6) is 0 Å². The van der Waals surface area contributed by atoms with Crippen molar-refractivity contribution >= 4 is 11.8 Å². The van der Waals surface area contributed by atoms with Gasteiger partial charge >= 0.3 is 6.18 Å². The standard InChI is InChI=1S/C14H17F3OS/c1-12(2)7-8-19-9-13(12,18)10-3-5-11(6-4-10)14(15,16)17/h3-6,18H,7-9H2,1-2H3. The number of hydrogen-bond acceptors (Lipinski definition) is 2. The second-order valence-corrected chi connectivity index (χ2v) is 6.73. The van der Waals surface area contributed by atoms with Crippen LogP contribution in [0.15, 0.2) is 24.3 Å². The molecule has 1 N–H and O–H groups in total. The van der Waals surface area contributed by atoms with Crippen LogP contribution >= 0.6 is 11.8 Å². The molecule has 1 atom stereocenters. The second-order valence-electron chi connectivity index (χ2n) is 5.62. The number of hydrogen-bond donors (Lipinski definition) is 1. The molecule has 106 valence electrons. The van der Waals surface area contributed by atoms with Crippen LogP contribution < -0.4 is 0 Å². The predicted octanol–water partition coefficient (Wildman–Crippen LogP) is 4.06. The second kappa shape index (κ2) is 4.70. The molecule has 1 unspecified atom stereocenters. The Labute approximate surface area is 115 Å². The lowest BCUT2D eigenvalue weighted by Crippen LogP contribution is -2.47. The molecule has 0 bridgehead atoms. The minimum Gasteiger partial charge on any atom is -0.384 e. The summed E-state index contributed by atoms with van der Waals surface area (Å²) >= 11 is 1.64. The molecule has 1 nitrogen and oxygen atoms in total. The van der Waals surface area contributed by atoms with E-state index in [1.54, 1.807) is 11.8 Å². The van der Waals surface area contributed by atoms with E-state index in [-0.39, 0.29) is 5.41 Å². The average Bonchev–Trinajstić information content (AvgIpc) is 2.32. The molecule has 1 aromatic rings. The molecule has 19 heavy (non-hydrogen) atoms. The molecular formula is C14H17F3OS. The van der Waals surface area contributed by atoms with Crippen molar-refractivity contribution in [1.29, 1.82) is 0 Å². The van der Waals surface area contributed by atoms with Crippen LogP contribution in [0.25, 0.3) is 0 Å². The molecular weight excluding hydrogens is 273 g/mol. The summed E-state index contributed by atoms with van der Waals surface area (Å²) in [5.41, 5.74) is -1.52. The highest BCUT2D eigenvalue weighted by Gasteiger charge is 2.47. The highest BCUT2D eigenvalue weighted by atomic mass is 32.2. The van der Waals surface area contributed by atoms with Gasteiger partial charge in [-0.15, -0.1) is 0 Å². The van der Waals surface area contributed by atoms with Crippen LogP contribution in [0, 0.1) is 5.41 Å². The van der Waals surface area contributed by atoms with E-state index in [1.807, 2.05) is 13.8 Å². The Morgan fingerprint density at radius 1 is 1.16 bits per heavy atom. The van der Waals surface area contributed by atoms with E-state index < -0.39 is 17.3 Å². The molecule has 1 aliphatic heterocycles. The van der Waals surface area contributed by atoms with Gasteiger partial charge in [0.05, 0.1) is 5.56 Å². The summed E-state index contributed by atoms with van der Waals surface area (Å²) in [5.74, 6) is 1.49. The summed E-state index contributed by atoms with van der Waals surface area (Å²) in [7, 11) is 0. The molecule has 1 saturated heterocycles. The Hall–Kier alpha value is -0.680. The van der Waals surface area contributed by atoms with Gasteiger partial charge in [-0.2, -0.15) is 24.9 Å². The van der Waals surface area contributed by atoms with Crippen molar-refractivity contribution in [2.24, 2.45) is 5.41 Å². The van der Waals surface area contributed by atoms with Crippen molar-refractivity contribution in [2.45, 2.75) is 32.0 Å². The predicted molar refractivity (Wildman–Crippen MR) is 71.1 cm³/mol. The van der Waals surface area contributed by atoms with Crippen molar-refractivity contribution < 1.29 is 18.3 Å². The minimum absolute atomic E-state index is 0.335. The van der Waals surface area contributed by atoms with Crippen LogP contribution in [-0.4, -0.2) is 16.6 Å². The fourth-order valence-electron chi connectivity index (χ4n) is 2.36. The lowest BCUT2D eigenvalue weighted by atomic mass is 9.70. The van der Waals surface area contributed by atoms with Crippen molar-refractivity contribution in [3.63, 3.8) is 0 Å². The number of benzene rings is 1. The fraction of sp³-hybridized carbons (Fsp3) is 0.571. The smallest absolute Gasteiger partial charge is 0.384 e. The highest BCUT2D eigenvalue weighted by Crippen LogP contribution is 2.48. The lowest BCUT2D eigenvalue weighted by molar-refractivity contribution is -0.137. The summed E-state index contributed by atoms with van der Waals surface area (Å²) < 4.78 is 37.6. The van der Waals surface area contributed by atoms with Crippen molar-refractivity contribution in [3.05, 3.63) is 35.4 Å². The van der Waals surface area contributed by atoms with Crippen molar-refractivity contribution in [1.82, 2.24) is 0 Å². The average molecular weight is 290 g/mol. The molecule has 1 aromatic carbocycles. The van der Waals surface area contributed by atoms with E-state index in [9.17, 15) is 18.3 Å². The monoisotopic (exact) mass is 290 g/mol. The molecule has 0 amide bonds. The first-order chi connectivity index (χ1) is 8.67. The van der Waals surface area contributed by atoms with Gasteiger partial charge in [0, 0.05) is 5.75 Å². The van der Waals surface area contributed by atoms with E-state index in [0.717, 1.165) is 24.3 Å². The quantitative estimate of drug-likeness (QED) is 0.842. The van der Waals surface area contributed by atoms with Gasteiger partial charge in [0.1, 0.15) is 5.60 Å². The van der Waals surface area contributed by atoms with E-state index >= 15 is 0 Å². The third-order valence-corrected chi connectivity index (χ3v) is 5.11. The van der Waals surface area contributed by atoms with Gasteiger partial charge in [-0.25, -0.2) is 0 Å². The summed E-state index contributed by atoms with van der Waals surface area (Å²) in [6.07, 6.45) is -3.49. The molecule has 0 saturated carbocycles. The lowest BCUT2D eigenvalue weighted by Gasteiger charge is -2.46. The Morgan fingerprint density at radius 3 is 2.21 bits per heavy atom. The first-order valence-electron chi connectivity index (χ1n) is 6.15. The molecule has 0 radical (unpaired) electrons. The van der Waals surface area contributed by atoms with Crippen LogP contribution in [0.4, 0.5) is 13.2 Å². The third kappa shape index (κ3) is 2.63. The zero-order chi connectivity index (χ0) is 14.3. The number of alkyl halides is 3. The summed E-state index contributed by atoms with van der Waals surface area (Å²) in [6.45, 7) is 3.93. The Bertz CT molecular complexity index is 453. The normalized spacial score (nSPS) is 27.3. The molecule has 0 spiro atoms. The fourth-order valence-corrected chi connectivity index (χ4v) is 4.01.